The highest BCUT2D eigenvalue weighted by Gasteiger charge is 2.30. The summed E-state index contributed by atoms with van der Waals surface area (Å²) in [6.45, 7) is 10.7. The zero-order valence-electron chi connectivity index (χ0n) is 12.8. The van der Waals surface area contributed by atoms with Gasteiger partial charge in [-0.1, -0.05) is 48.8 Å². The minimum absolute atomic E-state index is 0.00110. The molecule has 108 valence electrons. The van der Waals surface area contributed by atoms with Crippen LogP contribution in [-0.4, -0.2) is 30.6 Å². The highest BCUT2D eigenvalue weighted by molar-refractivity contribution is 9.10. The van der Waals surface area contributed by atoms with Crippen LogP contribution < -0.4 is 5.73 Å². The number of nitrogens with two attached hydrogens (primary N) is 1. The lowest BCUT2D eigenvalue weighted by Crippen LogP contribution is -2.53. The third-order valence-corrected chi connectivity index (χ3v) is 4.10. The maximum Gasteiger partial charge on any atom is 0.0341 e. The molecular weight excluding hydrogens is 300 g/mol. The quantitative estimate of drug-likeness (QED) is 0.894. The van der Waals surface area contributed by atoms with Crippen LogP contribution in [0, 0.1) is 5.41 Å². The van der Waals surface area contributed by atoms with Crippen LogP contribution in [0.25, 0.3) is 0 Å². The lowest BCUT2D eigenvalue weighted by atomic mass is 9.88. The summed E-state index contributed by atoms with van der Waals surface area (Å²) in [4.78, 5) is 2.40. The highest BCUT2D eigenvalue weighted by atomic mass is 79.9. The van der Waals surface area contributed by atoms with Crippen LogP contribution in [0.4, 0.5) is 0 Å². The van der Waals surface area contributed by atoms with Gasteiger partial charge in [0.05, 0.1) is 0 Å². The first-order chi connectivity index (χ1) is 8.66. The zero-order valence-corrected chi connectivity index (χ0v) is 14.4. The predicted molar refractivity (Wildman–Crippen MR) is 87.4 cm³/mol. The standard InChI is InChI=1S/C16H27BrN2/c1-15(2,3)12-19(5)16(4,11-18)10-13-6-8-14(17)9-7-13/h6-9H,10-12,18H2,1-5H3. The lowest BCUT2D eigenvalue weighted by Gasteiger charge is -2.41. The average molecular weight is 327 g/mol. The Hall–Kier alpha value is -0.380. The van der Waals surface area contributed by atoms with Crippen molar-refractivity contribution >= 4 is 15.9 Å². The van der Waals surface area contributed by atoms with E-state index in [-0.39, 0.29) is 11.0 Å². The molecule has 2 N–H and O–H groups in total. The molecule has 1 atom stereocenters. The molecule has 1 aromatic carbocycles. The summed E-state index contributed by atoms with van der Waals surface area (Å²) in [5, 5.41) is 0. The van der Waals surface area contributed by atoms with Crippen LogP contribution in [-0.2, 0) is 6.42 Å². The Morgan fingerprint density at radius 2 is 1.63 bits per heavy atom. The Bertz CT molecular complexity index is 394. The van der Waals surface area contributed by atoms with Gasteiger partial charge in [0.1, 0.15) is 0 Å². The summed E-state index contributed by atoms with van der Waals surface area (Å²) >= 11 is 3.48. The fraction of sp³-hybridized carbons (Fsp3) is 0.625. The van der Waals surface area contributed by atoms with Gasteiger partial charge < -0.3 is 5.73 Å². The Morgan fingerprint density at radius 1 is 1.11 bits per heavy atom. The second-order valence-electron chi connectivity index (χ2n) is 6.92. The number of benzene rings is 1. The highest BCUT2D eigenvalue weighted by Crippen LogP contribution is 2.24. The topological polar surface area (TPSA) is 29.3 Å². The smallest absolute Gasteiger partial charge is 0.0341 e. The van der Waals surface area contributed by atoms with Crippen molar-refractivity contribution in [1.82, 2.24) is 4.90 Å². The van der Waals surface area contributed by atoms with E-state index < -0.39 is 0 Å². The summed E-state index contributed by atoms with van der Waals surface area (Å²) in [7, 11) is 2.18. The van der Waals surface area contributed by atoms with E-state index in [0.717, 1.165) is 17.4 Å². The summed E-state index contributed by atoms with van der Waals surface area (Å²) in [6, 6.07) is 8.53. The summed E-state index contributed by atoms with van der Waals surface area (Å²) in [6.07, 6.45) is 0.976. The second kappa shape index (κ2) is 6.38. The predicted octanol–water partition coefficient (Wildman–Crippen LogP) is 3.69. The van der Waals surface area contributed by atoms with E-state index in [9.17, 15) is 0 Å². The van der Waals surface area contributed by atoms with Crippen LogP contribution >= 0.6 is 15.9 Å². The molecule has 0 aliphatic rings. The van der Waals surface area contributed by atoms with Gasteiger partial charge in [0.2, 0.25) is 0 Å². The molecule has 0 heterocycles. The van der Waals surface area contributed by atoms with Crippen molar-refractivity contribution in [2.45, 2.75) is 39.7 Å². The Morgan fingerprint density at radius 3 is 2.05 bits per heavy atom. The van der Waals surface area contributed by atoms with Crippen LogP contribution in [0.5, 0.6) is 0 Å². The summed E-state index contributed by atoms with van der Waals surface area (Å²) in [5.74, 6) is 0. The first-order valence-electron chi connectivity index (χ1n) is 6.82. The van der Waals surface area contributed by atoms with E-state index in [0.29, 0.717) is 6.54 Å². The Balaban J connectivity index is 2.82. The van der Waals surface area contributed by atoms with E-state index in [1.54, 1.807) is 0 Å². The number of likely N-dealkylation sites (N-methyl/N-ethyl adjacent to an activating group) is 1. The monoisotopic (exact) mass is 326 g/mol. The van der Waals surface area contributed by atoms with Gasteiger partial charge in [0.25, 0.3) is 0 Å². The zero-order chi connectivity index (χ0) is 14.7. The van der Waals surface area contributed by atoms with Crippen molar-refractivity contribution in [3.63, 3.8) is 0 Å². The van der Waals surface area contributed by atoms with E-state index in [1.165, 1.54) is 5.56 Å². The van der Waals surface area contributed by atoms with Gasteiger partial charge in [-0.25, -0.2) is 0 Å². The first-order valence-corrected chi connectivity index (χ1v) is 7.61. The molecule has 0 radical (unpaired) electrons. The third-order valence-electron chi connectivity index (χ3n) is 3.57. The van der Waals surface area contributed by atoms with Crippen LogP contribution in [0.1, 0.15) is 33.3 Å². The van der Waals surface area contributed by atoms with Crippen LogP contribution in [0.2, 0.25) is 0 Å². The van der Waals surface area contributed by atoms with Gasteiger partial charge in [0, 0.05) is 23.1 Å². The maximum absolute atomic E-state index is 6.05. The fourth-order valence-corrected chi connectivity index (χ4v) is 2.57. The molecular formula is C16H27BrN2. The number of rotatable bonds is 5. The molecule has 2 nitrogen and oxygen atoms in total. The average Bonchev–Trinajstić information content (AvgIpc) is 2.30. The molecule has 1 unspecified atom stereocenters. The SMILES string of the molecule is CN(CC(C)(C)C)C(C)(CN)Cc1ccc(Br)cc1. The first kappa shape index (κ1) is 16.7. The number of halogens is 1. The van der Waals surface area contributed by atoms with Gasteiger partial charge in [-0.15, -0.1) is 0 Å². The van der Waals surface area contributed by atoms with Crippen molar-refractivity contribution in [3.8, 4) is 0 Å². The van der Waals surface area contributed by atoms with Crippen molar-refractivity contribution in [1.29, 1.82) is 0 Å². The van der Waals surface area contributed by atoms with Gasteiger partial charge in [0.15, 0.2) is 0 Å². The van der Waals surface area contributed by atoms with Gasteiger partial charge in [-0.2, -0.15) is 0 Å². The lowest BCUT2D eigenvalue weighted by molar-refractivity contribution is 0.100. The molecule has 0 aliphatic heterocycles. The van der Waals surface area contributed by atoms with Gasteiger partial charge in [-0.05, 0) is 43.5 Å². The van der Waals surface area contributed by atoms with Crippen molar-refractivity contribution in [2.75, 3.05) is 20.1 Å². The molecule has 0 saturated carbocycles. The summed E-state index contributed by atoms with van der Waals surface area (Å²) in [5.41, 5.74) is 7.67. The van der Waals surface area contributed by atoms with Crippen molar-refractivity contribution in [2.24, 2.45) is 11.1 Å². The minimum Gasteiger partial charge on any atom is -0.329 e. The van der Waals surface area contributed by atoms with Crippen LogP contribution in [0.3, 0.4) is 0 Å². The third kappa shape index (κ3) is 5.25. The van der Waals surface area contributed by atoms with E-state index in [2.05, 4.69) is 79.8 Å². The molecule has 0 amide bonds. The molecule has 0 aliphatic carbocycles. The molecule has 0 aromatic heterocycles. The molecule has 0 bridgehead atoms. The van der Waals surface area contributed by atoms with Gasteiger partial charge in [-0.3, -0.25) is 4.90 Å². The number of nitrogens with zero attached hydrogens (tertiary/aromatic N) is 1. The largest absolute Gasteiger partial charge is 0.329 e. The normalized spacial score (nSPS) is 15.6. The molecule has 19 heavy (non-hydrogen) atoms. The van der Waals surface area contributed by atoms with E-state index >= 15 is 0 Å². The molecule has 0 fully saturated rings. The van der Waals surface area contributed by atoms with E-state index in [4.69, 9.17) is 5.73 Å². The molecule has 0 spiro atoms. The van der Waals surface area contributed by atoms with E-state index in [1.807, 2.05) is 0 Å². The number of hydrogen-bond donors (Lipinski definition) is 1. The summed E-state index contributed by atoms with van der Waals surface area (Å²) < 4.78 is 1.12. The maximum atomic E-state index is 6.05. The van der Waals surface area contributed by atoms with Crippen molar-refractivity contribution < 1.29 is 0 Å². The molecule has 0 saturated heterocycles. The Labute approximate surface area is 126 Å². The molecule has 1 rings (SSSR count). The Kier molecular flexibility index (Phi) is 5.60. The second-order valence-corrected chi connectivity index (χ2v) is 7.84. The van der Waals surface area contributed by atoms with Gasteiger partial charge >= 0.3 is 0 Å². The van der Waals surface area contributed by atoms with Crippen LogP contribution in [0.15, 0.2) is 28.7 Å². The molecule has 1 aromatic rings. The fourth-order valence-electron chi connectivity index (χ4n) is 2.31. The molecule has 3 heteroatoms. The minimum atomic E-state index is 0.00110. The van der Waals surface area contributed by atoms with Crippen molar-refractivity contribution in [3.05, 3.63) is 34.3 Å². The number of hydrogen-bond acceptors (Lipinski definition) is 2.